The lowest BCUT2D eigenvalue weighted by Crippen LogP contribution is -2.24. The highest BCUT2D eigenvalue weighted by Gasteiger charge is 2.11. The molecule has 0 aliphatic heterocycles. The predicted molar refractivity (Wildman–Crippen MR) is 55.2 cm³/mol. The largest absolute Gasteiger partial charge is 0.481 e. The molecule has 0 bridgehead atoms. The number of hydrogen-bond donors (Lipinski definition) is 2. The van der Waals surface area contributed by atoms with Crippen molar-refractivity contribution < 1.29 is 15.0 Å². The van der Waals surface area contributed by atoms with Gasteiger partial charge in [-0.1, -0.05) is 6.92 Å². The van der Waals surface area contributed by atoms with E-state index < -0.39 is 5.97 Å². The number of hydrogen-bond acceptors (Lipinski definition) is 3. The standard InChI is InChI=1S/C10H21NO3/c1-9(10(13)14)5-7-11(2)6-3-4-8-12/h9,12H,3-8H2,1-2H3,(H,13,14). The van der Waals surface area contributed by atoms with Gasteiger partial charge in [-0.05, 0) is 39.4 Å². The molecule has 0 saturated heterocycles. The number of unbranched alkanes of at least 4 members (excludes halogenated alkanes) is 1. The van der Waals surface area contributed by atoms with Crippen LogP contribution in [0, 0.1) is 5.92 Å². The van der Waals surface area contributed by atoms with Gasteiger partial charge in [0.25, 0.3) is 0 Å². The number of carbonyl (C=O) groups is 1. The van der Waals surface area contributed by atoms with Crippen molar-refractivity contribution in [2.45, 2.75) is 26.2 Å². The van der Waals surface area contributed by atoms with Gasteiger partial charge in [0.2, 0.25) is 0 Å². The number of carboxylic acids is 1. The van der Waals surface area contributed by atoms with E-state index in [0.29, 0.717) is 6.42 Å². The van der Waals surface area contributed by atoms with Crippen molar-refractivity contribution in [1.82, 2.24) is 4.90 Å². The third kappa shape index (κ3) is 6.86. The normalized spacial score (nSPS) is 13.1. The molecule has 0 rings (SSSR count). The number of aliphatic carboxylic acids is 1. The van der Waals surface area contributed by atoms with Crippen molar-refractivity contribution >= 4 is 5.97 Å². The van der Waals surface area contributed by atoms with E-state index in [2.05, 4.69) is 4.90 Å². The maximum Gasteiger partial charge on any atom is 0.306 e. The van der Waals surface area contributed by atoms with Gasteiger partial charge in [0.1, 0.15) is 0 Å². The second-order valence-electron chi connectivity index (χ2n) is 3.76. The van der Waals surface area contributed by atoms with E-state index in [1.165, 1.54) is 0 Å². The average molecular weight is 203 g/mol. The van der Waals surface area contributed by atoms with E-state index in [1.807, 2.05) is 7.05 Å². The van der Waals surface area contributed by atoms with Crippen molar-refractivity contribution in [2.75, 3.05) is 26.7 Å². The van der Waals surface area contributed by atoms with Crippen LogP contribution in [-0.4, -0.2) is 47.8 Å². The third-order valence-electron chi connectivity index (χ3n) is 2.31. The molecule has 0 aromatic rings. The highest BCUT2D eigenvalue weighted by Crippen LogP contribution is 2.03. The minimum absolute atomic E-state index is 0.235. The molecule has 4 heteroatoms. The number of carboxylic acid groups (broad SMARTS) is 1. The summed E-state index contributed by atoms with van der Waals surface area (Å²) < 4.78 is 0. The van der Waals surface area contributed by atoms with Gasteiger partial charge in [-0.3, -0.25) is 4.79 Å². The van der Waals surface area contributed by atoms with Crippen molar-refractivity contribution in [3.63, 3.8) is 0 Å². The first kappa shape index (κ1) is 13.4. The topological polar surface area (TPSA) is 60.8 Å². The molecule has 0 amide bonds. The Bertz CT molecular complexity index is 161. The lowest BCUT2D eigenvalue weighted by molar-refractivity contribution is -0.141. The number of aliphatic hydroxyl groups is 1. The molecule has 0 aliphatic rings. The minimum Gasteiger partial charge on any atom is -0.481 e. The van der Waals surface area contributed by atoms with Crippen molar-refractivity contribution in [3.8, 4) is 0 Å². The summed E-state index contributed by atoms with van der Waals surface area (Å²) in [7, 11) is 1.98. The molecule has 1 atom stereocenters. The summed E-state index contributed by atoms with van der Waals surface area (Å²) in [5.74, 6) is -0.996. The van der Waals surface area contributed by atoms with Crippen LogP contribution in [0.2, 0.25) is 0 Å². The van der Waals surface area contributed by atoms with Gasteiger partial charge in [-0.25, -0.2) is 0 Å². The maximum absolute atomic E-state index is 10.5. The molecule has 0 aromatic carbocycles. The van der Waals surface area contributed by atoms with Crippen LogP contribution in [0.15, 0.2) is 0 Å². The monoisotopic (exact) mass is 203 g/mol. The van der Waals surface area contributed by atoms with Crippen molar-refractivity contribution in [3.05, 3.63) is 0 Å². The smallest absolute Gasteiger partial charge is 0.306 e. The SMILES string of the molecule is CC(CCN(C)CCCCO)C(=O)O. The zero-order valence-electron chi connectivity index (χ0n) is 9.07. The first-order valence-electron chi connectivity index (χ1n) is 5.10. The molecule has 0 saturated carbocycles. The van der Waals surface area contributed by atoms with Crippen LogP contribution in [-0.2, 0) is 4.79 Å². The van der Waals surface area contributed by atoms with Gasteiger partial charge in [-0.2, -0.15) is 0 Å². The lowest BCUT2D eigenvalue weighted by atomic mass is 10.1. The van der Waals surface area contributed by atoms with Gasteiger partial charge in [0.15, 0.2) is 0 Å². The highest BCUT2D eigenvalue weighted by molar-refractivity contribution is 5.69. The number of nitrogens with zero attached hydrogens (tertiary/aromatic N) is 1. The molecule has 0 aliphatic carbocycles. The Labute approximate surface area is 85.5 Å². The van der Waals surface area contributed by atoms with E-state index in [4.69, 9.17) is 10.2 Å². The number of aliphatic hydroxyl groups excluding tert-OH is 1. The Kier molecular flexibility index (Phi) is 7.42. The Morgan fingerprint density at radius 2 is 2.00 bits per heavy atom. The number of rotatable bonds is 8. The molecular formula is C10H21NO3. The summed E-state index contributed by atoms with van der Waals surface area (Å²) >= 11 is 0. The molecule has 0 fully saturated rings. The second-order valence-corrected chi connectivity index (χ2v) is 3.76. The summed E-state index contributed by atoms with van der Waals surface area (Å²) in [6.45, 7) is 3.69. The van der Waals surface area contributed by atoms with E-state index in [1.54, 1.807) is 6.92 Å². The van der Waals surface area contributed by atoms with E-state index in [-0.39, 0.29) is 12.5 Å². The van der Waals surface area contributed by atoms with Crippen molar-refractivity contribution in [2.24, 2.45) is 5.92 Å². The Morgan fingerprint density at radius 3 is 2.50 bits per heavy atom. The summed E-state index contributed by atoms with van der Waals surface area (Å²) in [5, 5.41) is 17.2. The van der Waals surface area contributed by atoms with Crippen LogP contribution in [0.25, 0.3) is 0 Å². The first-order chi connectivity index (χ1) is 6.57. The van der Waals surface area contributed by atoms with Gasteiger partial charge in [0.05, 0.1) is 5.92 Å². The molecule has 0 aromatic heterocycles. The molecule has 0 heterocycles. The van der Waals surface area contributed by atoms with Crippen LogP contribution in [0.3, 0.4) is 0 Å². The molecule has 2 N–H and O–H groups in total. The summed E-state index contributed by atoms with van der Waals surface area (Å²) in [6, 6.07) is 0. The quantitative estimate of drug-likeness (QED) is 0.573. The molecule has 0 spiro atoms. The fourth-order valence-electron chi connectivity index (χ4n) is 1.14. The predicted octanol–water partition coefficient (Wildman–Crippen LogP) is 0.802. The Balaban J connectivity index is 3.43. The maximum atomic E-state index is 10.5. The Hall–Kier alpha value is -0.610. The lowest BCUT2D eigenvalue weighted by Gasteiger charge is -2.17. The fraction of sp³-hybridized carbons (Fsp3) is 0.900. The molecule has 0 radical (unpaired) electrons. The average Bonchev–Trinajstić information content (AvgIpc) is 2.14. The van der Waals surface area contributed by atoms with Gasteiger partial charge in [0, 0.05) is 6.61 Å². The van der Waals surface area contributed by atoms with Gasteiger partial charge < -0.3 is 15.1 Å². The van der Waals surface area contributed by atoms with Crippen LogP contribution in [0.5, 0.6) is 0 Å². The molecule has 84 valence electrons. The molecular weight excluding hydrogens is 182 g/mol. The van der Waals surface area contributed by atoms with Crippen LogP contribution < -0.4 is 0 Å². The zero-order chi connectivity index (χ0) is 11.0. The van der Waals surface area contributed by atoms with Crippen LogP contribution >= 0.6 is 0 Å². The highest BCUT2D eigenvalue weighted by atomic mass is 16.4. The zero-order valence-corrected chi connectivity index (χ0v) is 9.07. The summed E-state index contributed by atoms with van der Waals surface area (Å²) in [5.41, 5.74) is 0. The van der Waals surface area contributed by atoms with E-state index >= 15 is 0 Å². The molecule has 4 nitrogen and oxygen atoms in total. The van der Waals surface area contributed by atoms with E-state index in [9.17, 15) is 4.79 Å². The second kappa shape index (κ2) is 7.76. The van der Waals surface area contributed by atoms with Gasteiger partial charge in [-0.15, -0.1) is 0 Å². The minimum atomic E-state index is -0.728. The summed E-state index contributed by atoms with van der Waals surface area (Å²) in [6.07, 6.45) is 2.47. The first-order valence-corrected chi connectivity index (χ1v) is 5.10. The van der Waals surface area contributed by atoms with E-state index in [0.717, 1.165) is 25.9 Å². The Morgan fingerprint density at radius 1 is 1.36 bits per heavy atom. The van der Waals surface area contributed by atoms with Crippen LogP contribution in [0.4, 0.5) is 0 Å². The van der Waals surface area contributed by atoms with Gasteiger partial charge >= 0.3 is 5.97 Å². The summed E-state index contributed by atoms with van der Waals surface area (Å²) in [4.78, 5) is 12.6. The molecule has 14 heavy (non-hydrogen) atoms. The molecule has 1 unspecified atom stereocenters. The fourth-order valence-corrected chi connectivity index (χ4v) is 1.14. The third-order valence-corrected chi connectivity index (χ3v) is 2.31. The van der Waals surface area contributed by atoms with Crippen molar-refractivity contribution in [1.29, 1.82) is 0 Å². The van der Waals surface area contributed by atoms with Crippen LogP contribution in [0.1, 0.15) is 26.2 Å².